The van der Waals surface area contributed by atoms with Gasteiger partial charge in [0.15, 0.2) is 0 Å². The fourth-order valence-electron chi connectivity index (χ4n) is 1.62. The molecule has 1 heterocycles. The molecule has 0 aliphatic carbocycles. The lowest BCUT2D eigenvalue weighted by Crippen LogP contribution is -2.17. The SMILES string of the molecule is Cc1cccc([C@@H]2CN(C)C(=O)O2)c1. The highest BCUT2D eigenvalue weighted by molar-refractivity contribution is 5.69. The van der Waals surface area contributed by atoms with Gasteiger partial charge in [0, 0.05) is 7.05 Å². The molecule has 0 spiro atoms. The van der Waals surface area contributed by atoms with Crippen molar-refractivity contribution in [2.24, 2.45) is 0 Å². The summed E-state index contributed by atoms with van der Waals surface area (Å²) in [7, 11) is 1.75. The fraction of sp³-hybridized carbons (Fsp3) is 0.364. The van der Waals surface area contributed by atoms with Gasteiger partial charge in [-0.3, -0.25) is 0 Å². The fourth-order valence-corrected chi connectivity index (χ4v) is 1.62. The second kappa shape index (κ2) is 3.33. The lowest BCUT2D eigenvalue weighted by Gasteiger charge is -2.08. The van der Waals surface area contributed by atoms with Gasteiger partial charge in [0.05, 0.1) is 6.54 Å². The van der Waals surface area contributed by atoms with Crippen LogP contribution in [0.4, 0.5) is 4.79 Å². The van der Waals surface area contributed by atoms with Crippen molar-refractivity contribution in [1.29, 1.82) is 0 Å². The molecule has 0 saturated carbocycles. The lowest BCUT2D eigenvalue weighted by molar-refractivity contribution is 0.135. The summed E-state index contributed by atoms with van der Waals surface area (Å²) in [5.74, 6) is 0. The Labute approximate surface area is 83.3 Å². The minimum Gasteiger partial charge on any atom is -0.439 e. The van der Waals surface area contributed by atoms with E-state index < -0.39 is 0 Å². The van der Waals surface area contributed by atoms with Crippen LogP contribution in [0.15, 0.2) is 24.3 Å². The van der Waals surface area contributed by atoms with E-state index in [0.29, 0.717) is 6.54 Å². The zero-order valence-electron chi connectivity index (χ0n) is 8.36. The molecule has 1 aliphatic rings. The Hall–Kier alpha value is -1.51. The molecule has 1 amide bonds. The maximum Gasteiger partial charge on any atom is 0.410 e. The number of carbonyl (C=O) groups excluding carboxylic acids is 1. The minimum atomic E-state index is -0.239. The van der Waals surface area contributed by atoms with Crippen molar-refractivity contribution in [3.8, 4) is 0 Å². The summed E-state index contributed by atoms with van der Waals surface area (Å²) >= 11 is 0. The summed E-state index contributed by atoms with van der Waals surface area (Å²) in [5.41, 5.74) is 2.26. The molecule has 1 aromatic carbocycles. The summed E-state index contributed by atoms with van der Waals surface area (Å²) in [6.07, 6.45) is -0.344. The number of nitrogens with zero attached hydrogens (tertiary/aromatic N) is 1. The van der Waals surface area contributed by atoms with Crippen molar-refractivity contribution < 1.29 is 9.53 Å². The van der Waals surface area contributed by atoms with E-state index in [9.17, 15) is 4.79 Å². The van der Waals surface area contributed by atoms with Gasteiger partial charge in [-0.2, -0.15) is 0 Å². The van der Waals surface area contributed by atoms with Crippen LogP contribution in [0.2, 0.25) is 0 Å². The van der Waals surface area contributed by atoms with Gasteiger partial charge in [0.25, 0.3) is 0 Å². The number of hydrogen-bond acceptors (Lipinski definition) is 2. The highest BCUT2D eigenvalue weighted by Gasteiger charge is 2.29. The molecular formula is C11H13NO2. The largest absolute Gasteiger partial charge is 0.439 e. The number of cyclic esters (lactones) is 1. The third kappa shape index (κ3) is 1.58. The van der Waals surface area contributed by atoms with Crippen LogP contribution in [0.5, 0.6) is 0 Å². The second-order valence-electron chi connectivity index (χ2n) is 3.67. The molecule has 14 heavy (non-hydrogen) atoms. The zero-order valence-corrected chi connectivity index (χ0v) is 8.36. The van der Waals surface area contributed by atoms with Gasteiger partial charge in [0.2, 0.25) is 0 Å². The number of likely N-dealkylation sites (N-methyl/N-ethyl adjacent to an activating group) is 1. The molecule has 0 unspecified atom stereocenters. The first kappa shape index (κ1) is 9.06. The van der Waals surface area contributed by atoms with Crippen LogP contribution in [-0.4, -0.2) is 24.6 Å². The van der Waals surface area contributed by atoms with E-state index in [2.05, 4.69) is 6.07 Å². The van der Waals surface area contributed by atoms with Crippen LogP contribution < -0.4 is 0 Å². The number of ether oxygens (including phenoxy) is 1. The number of carbonyl (C=O) groups is 1. The first-order valence-corrected chi connectivity index (χ1v) is 4.65. The molecular weight excluding hydrogens is 178 g/mol. The quantitative estimate of drug-likeness (QED) is 0.680. The molecule has 1 aromatic rings. The minimum absolute atomic E-state index is 0.104. The molecule has 0 radical (unpaired) electrons. The van der Waals surface area contributed by atoms with Crippen LogP contribution in [-0.2, 0) is 4.74 Å². The third-order valence-electron chi connectivity index (χ3n) is 2.41. The first-order valence-electron chi connectivity index (χ1n) is 4.65. The Morgan fingerprint density at radius 3 is 2.86 bits per heavy atom. The number of rotatable bonds is 1. The standard InChI is InChI=1S/C11H13NO2/c1-8-4-3-5-9(6-8)10-7-12(2)11(13)14-10/h3-6,10H,7H2,1-2H3/t10-/m0/s1. The predicted molar refractivity (Wildman–Crippen MR) is 53.0 cm³/mol. The smallest absolute Gasteiger partial charge is 0.410 e. The van der Waals surface area contributed by atoms with E-state index in [1.54, 1.807) is 11.9 Å². The molecule has 1 saturated heterocycles. The van der Waals surface area contributed by atoms with Gasteiger partial charge in [-0.05, 0) is 12.5 Å². The van der Waals surface area contributed by atoms with Crippen LogP contribution >= 0.6 is 0 Å². The Bertz CT molecular complexity index is 362. The van der Waals surface area contributed by atoms with Crippen molar-refractivity contribution in [3.05, 3.63) is 35.4 Å². The molecule has 1 aliphatic heterocycles. The average molecular weight is 191 g/mol. The first-order chi connectivity index (χ1) is 6.66. The summed E-state index contributed by atoms with van der Waals surface area (Å²) in [6.45, 7) is 2.67. The monoisotopic (exact) mass is 191 g/mol. The van der Waals surface area contributed by atoms with Crippen molar-refractivity contribution in [2.45, 2.75) is 13.0 Å². The van der Waals surface area contributed by atoms with Gasteiger partial charge in [0.1, 0.15) is 6.10 Å². The second-order valence-corrected chi connectivity index (χ2v) is 3.67. The Morgan fingerprint density at radius 1 is 1.50 bits per heavy atom. The lowest BCUT2D eigenvalue weighted by atomic mass is 10.1. The Morgan fingerprint density at radius 2 is 2.29 bits per heavy atom. The number of amides is 1. The van der Waals surface area contributed by atoms with E-state index in [1.807, 2.05) is 25.1 Å². The number of aryl methyl sites for hydroxylation is 1. The van der Waals surface area contributed by atoms with Crippen molar-refractivity contribution in [2.75, 3.05) is 13.6 Å². The van der Waals surface area contributed by atoms with Gasteiger partial charge in [-0.1, -0.05) is 29.8 Å². The maximum absolute atomic E-state index is 11.1. The van der Waals surface area contributed by atoms with E-state index >= 15 is 0 Å². The van der Waals surface area contributed by atoms with Crippen molar-refractivity contribution in [3.63, 3.8) is 0 Å². The molecule has 3 heteroatoms. The number of hydrogen-bond donors (Lipinski definition) is 0. The van der Waals surface area contributed by atoms with Gasteiger partial charge in [-0.25, -0.2) is 4.79 Å². The molecule has 1 atom stereocenters. The van der Waals surface area contributed by atoms with Crippen molar-refractivity contribution >= 4 is 6.09 Å². The molecule has 0 N–H and O–H groups in total. The van der Waals surface area contributed by atoms with E-state index in [-0.39, 0.29) is 12.2 Å². The Balaban J connectivity index is 2.21. The maximum atomic E-state index is 11.1. The topological polar surface area (TPSA) is 29.5 Å². The highest BCUT2D eigenvalue weighted by atomic mass is 16.6. The third-order valence-corrected chi connectivity index (χ3v) is 2.41. The summed E-state index contributed by atoms with van der Waals surface area (Å²) in [5, 5.41) is 0. The number of benzene rings is 1. The van der Waals surface area contributed by atoms with E-state index in [1.165, 1.54) is 5.56 Å². The normalized spacial score (nSPS) is 21.1. The van der Waals surface area contributed by atoms with Crippen LogP contribution in [0.1, 0.15) is 17.2 Å². The van der Waals surface area contributed by atoms with Gasteiger partial charge in [-0.15, -0.1) is 0 Å². The van der Waals surface area contributed by atoms with Crippen LogP contribution in [0.25, 0.3) is 0 Å². The van der Waals surface area contributed by atoms with Crippen LogP contribution in [0, 0.1) is 6.92 Å². The average Bonchev–Trinajstić information content (AvgIpc) is 2.47. The molecule has 0 aromatic heterocycles. The summed E-state index contributed by atoms with van der Waals surface area (Å²) in [4.78, 5) is 12.7. The van der Waals surface area contributed by atoms with E-state index in [4.69, 9.17) is 4.74 Å². The Kier molecular flexibility index (Phi) is 2.15. The molecule has 0 bridgehead atoms. The zero-order chi connectivity index (χ0) is 10.1. The summed E-state index contributed by atoms with van der Waals surface area (Å²) in [6, 6.07) is 8.06. The molecule has 74 valence electrons. The van der Waals surface area contributed by atoms with E-state index in [0.717, 1.165) is 5.56 Å². The predicted octanol–water partition coefficient (Wildman–Crippen LogP) is 2.12. The molecule has 3 nitrogen and oxygen atoms in total. The highest BCUT2D eigenvalue weighted by Crippen LogP contribution is 2.25. The molecule has 1 fully saturated rings. The van der Waals surface area contributed by atoms with Crippen molar-refractivity contribution in [1.82, 2.24) is 4.90 Å². The van der Waals surface area contributed by atoms with Crippen LogP contribution in [0.3, 0.4) is 0 Å². The van der Waals surface area contributed by atoms with Gasteiger partial charge >= 0.3 is 6.09 Å². The van der Waals surface area contributed by atoms with Gasteiger partial charge < -0.3 is 9.64 Å². The molecule has 2 rings (SSSR count). The summed E-state index contributed by atoms with van der Waals surface area (Å²) < 4.78 is 5.20.